The number of halogens is 1. The van der Waals surface area contributed by atoms with Crippen LogP contribution < -0.4 is 5.32 Å². The monoisotopic (exact) mass is 232 g/mol. The second-order valence-corrected chi connectivity index (χ2v) is 3.81. The van der Waals surface area contributed by atoms with Crippen molar-refractivity contribution < 1.29 is 19.1 Å². The van der Waals surface area contributed by atoms with E-state index < -0.39 is 0 Å². The van der Waals surface area contributed by atoms with Gasteiger partial charge in [-0.15, -0.1) is 0 Å². The molecule has 1 aliphatic heterocycles. The topological polar surface area (TPSA) is 58.6 Å². The normalized spacial score (nSPS) is 19.8. The van der Waals surface area contributed by atoms with E-state index in [2.05, 4.69) is 10.3 Å². The van der Waals surface area contributed by atoms with Crippen molar-refractivity contribution in [3.05, 3.63) is 0 Å². The maximum Gasteiger partial charge on any atom is 0.242 e. The van der Waals surface area contributed by atoms with Crippen molar-refractivity contribution >= 4 is 12.3 Å². The van der Waals surface area contributed by atoms with Gasteiger partial charge in [0, 0.05) is 13.1 Å². The third kappa shape index (κ3) is 3.77. The number of carbonyl (C=O) groups is 2. The summed E-state index contributed by atoms with van der Waals surface area (Å²) in [5, 5.41) is 2.73. The first-order chi connectivity index (χ1) is 7.79. The van der Waals surface area contributed by atoms with Gasteiger partial charge >= 0.3 is 0 Å². The van der Waals surface area contributed by atoms with E-state index in [9.17, 15) is 14.1 Å². The van der Waals surface area contributed by atoms with Crippen LogP contribution in [-0.2, 0) is 14.5 Å². The van der Waals surface area contributed by atoms with E-state index in [4.69, 9.17) is 0 Å². The van der Waals surface area contributed by atoms with Crippen LogP contribution in [-0.4, -0.2) is 43.0 Å². The quantitative estimate of drug-likeness (QED) is 0.510. The third-order valence-corrected chi connectivity index (χ3v) is 2.68. The molecule has 0 bridgehead atoms. The molecular formula is C10H17FN2O3. The molecule has 1 atom stereocenters. The minimum atomic E-state index is -0.324. The summed E-state index contributed by atoms with van der Waals surface area (Å²) in [6.07, 6.45) is 3.54. The van der Waals surface area contributed by atoms with E-state index in [0.717, 1.165) is 12.8 Å². The highest BCUT2D eigenvalue weighted by molar-refractivity contribution is 5.83. The van der Waals surface area contributed by atoms with Crippen LogP contribution >= 0.6 is 0 Å². The molecule has 6 heteroatoms. The number of likely N-dealkylation sites (tertiary alicyclic amines) is 1. The SMILES string of the molecule is O=CN1CCCC1C(=O)NCCCCOF. The second kappa shape index (κ2) is 7.16. The molecule has 16 heavy (non-hydrogen) atoms. The highest BCUT2D eigenvalue weighted by Gasteiger charge is 2.28. The molecular weight excluding hydrogens is 215 g/mol. The predicted octanol–water partition coefficient (Wildman–Crippen LogP) is 0.405. The number of nitrogens with one attached hydrogen (secondary N) is 1. The molecule has 1 rings (SSSR count). The number of carbonyl (C=O) groups excluding carboxylic acids is 2. The summed E-state index contributed by atoms with van der Waals surface area (Å²) in [6.45, 7) is 1.20. The first kappa shape index (κ1) is 12.9. The summed E-state index contributed by atoms with van der Waals surface area (Å²) in [4.78, 5) is 27.2. The molecule has 1 N–H and O–H groups in total. The van der Waals surface area contributed by atoms with Gasteiger partial charge in [0.1, 0.15) is 6.04 Å². The van der Waals surface area contributed by atoms with Gasteiger partial charge in [0.2, 0.25) is 12.3 Å². The molecule has 0 spiro atoms. The van der Waals surface area contributed by atoms with Gasteiger partial charge in [0.05, 0.1) is 6.61 Å². The van der Waals surface area contributed by atoms with Crippen molar-refractivity contribution in [2.45, 2.75) is 31.7 Å². The second-order valence-electron chi connectivity index (χ2n) is 3.81. The van der Waals surface area contributed by atoms with Crippen LogP contribution in [0.1, 0.15) is 25.7 Å². The average Bonchev–Trinajstić information content (AvgIpc) is 2.76. The smallest absolute Gasteiger partial charge is 0.242 e. The number of hydrogen-bond donors (Lipinski definition) is 1. The Morgan fingerprint density at radius 2 is 2.38 bits per heavy atom. The van der Waals surface area contributed by atoms with Gasteiger partial charge in [0.25, 0.3) is 0 Å². The van der Waals surface area contributed by atoms with Gasteiger partial charge in [-0.25, -0.2) is 0 Å². The highest BCUT2D eigenvalue weighted by Crippen LogP contribution is 2.14. The van der Waals surface area contributed by atoms with Crippen molar-refractivity contribution in [1.82, 2.24) is 10.2 Å². The van der Waals surface area contributed by atoms with Gasteiger partial charge < -0.3 is 10.2 Å². The number of unbranched alkanes of at least 4 members (excludes halogenated alkanes) is 1. The van der Waals surface area contributed by atoms with Crippen LogP contribution in [0.3, 0.4) is 0 Å². The van der Waals surface area contributed by atoms with Crippen LogP contribution in [0.4, 0.5) is 4.53 Å². The highest BCUT2D eigenvalue weighted by atomic mass is 19.3. The Kier molecular flexibility index (Phi) is 5.77. The zero-order valence-corrected chi connectivity index (χ0v) is 9.15. The first-order valence-corrected chi connectivity index (χ1v) is 5.52. The lowest BCUT2D eigenvalue weighted by Gasteiger charge is -2.18. The molecule has 1 heterocycles. The number of nitrogens with zero attached hydrogens (tertiary/aromatic N) is 1. The Morgan fingerprint density at radius 1 is 1.56 bits per heavy atom. The minimum absolute atomic E-state index is 0.0553. The largest absolute Gasteiger partial charge is 0.354 e. The zero-order chi connectivity index (χ0) is 11.8. The molecule has 1 saturated heterocycles. The fraction of sp³-hybridized carbons (Fsp3) is 0.800. The van der Waals surface area contributed by atoms with Crippen molar-refractivity contribution in [2.24, 2.45) is 0 Å². The van der Waals surface area contributed by atoms with Crippen LogP contribution in [0.15, 0.2) is 0 Å². The maximum absolute atomic E-state index is 11.6. The van der Waals surface area contributed by atoms with E-state index in [1.165, 1.54) is 4.90 Å². The fourth-order valence-electron chi connectivity index (χ4n) is 1.81. The Labute approximate surface area is 93.8 Å². The maximum atomic E-state index is 11.6. The zero-order valence-electron chi connectivity index (χ0n) is 9.15. The molecule has 92 valence electrons. The van der Waals surface area contributed by atoms with Gasteiger partial charge in [-0.05, 0) is 30.2 Å². The fourth-order valence-corrected chi connectivity index (χ4v) is 1.81. The molecule has 5 nitrogen and oxygen atoms in total. The van der Waals surface area contributed by atoms with Gasteiger partial charge in [-0.2, -0.15) is 4.94 Å². The summed E-state index contributed by atoms with van der Waals surface area (Å²) in [7, 11) is 0. The van der Waals surface area contributed by atoms with Gasteiger partial charge in [-0.1, -0.05) is 0 Å². The Morgan fingerprint density at radius 3 is 3.06 bits per heavy atom. The van der Waals surface area contributed by atoms with Crippen molar-refractivity contribution in [1.29, 1.82) is 0 Å². The molecule has 0 aromatic carbocycles. The summed E-state index contributed by atoms with van der Waals surface area (Å²) >= 11 is 0. The molecule has 1 unspecified atom stereocenters. The molecule has 0 aromatic heterocycles. The number of amides is 2. The lowest BCUT2D eigenvalue weighted by molar-refractivity contribution is -0.133. The molecule has 0 saturated carbocycles. The molecule has 0 radical (unpaired) electrons. The van der Waals surface area contributed by atoms with Crippen LogP contribution in [0.25, 0.3) is 0 Å². The lowest BCUT2D eigenvalue weighted by atomic mass is 10.2. The standard InChI is InChI=1S/C10H17FN2O3/c11-16-7-2-1-5-12-10(15)9-4-3-6-13(9)8-14/h8-9H,1-7H2,(H,12,15). The predicted molar refractivity (Wildman–Crippen MR) is 55.1 cm³/mol. The van der Waals surface area contributed by atoms with Crippen molar-refractivity contribution in [3.63, 3.8) is 0 Å². The number of hydrogen-bond acceptors (Lipinski definition) is 3. The Hall–Kier alpha value is -1.17. The first-order valence-electron chi connectivity index (χ1n) is 5.52. The summed E-state index contributed by atoms with van der Waals surface area (Å²) in [6, 6.07) is -0.324. The van der Waals surface area contributed by atoms with Gasteiger partial charge in [0.15, 0.2) is 0 Å². The Balaban J connectivity index is 2.16. The summed E-state index contributed by atoms with van der Waals surface area (Å²) in [5.41, 5.74) is 0. The van der Waals surface area contributed by atoms with E-state index in [1.807, 2.05) is 0 Å². The van der Waals surface area contributed by atoms with E-state index in [-0.39, 0.29) is 18.6 Å². The average molecular weight is 232 g/mol. The number of rotatable bonds is 7. The van der Waals surface area contributed by atoms with E-state index in [0.29, 0.717) is 32.3 Å². The van der Waals surface area contributed by atoms with Crippen LogP contribution in [0.2, 0.25) is 0 Å². The molecule has 0 aliphatic carbocycles. The van der Waals surface area contributed by atoms with Crippen LogP contribution in [0, 0.1) is 0 Å². The van der Waals surface area contributed by atoms with Crippen LogP contribution in [0.5, 0.6) is 0 Å². The summed E-state index contributed by atoms with van der Waals surface area (Å²) < 4.78 is 11.3. The van der Waals surface area contributed by atoms with E-state index in [1.54, 1.807) is 0 Å². The molecule has 2 amide bonds. The molecule has 1 fully saturated rings. The summed E-state index contributed by atoms with van der Waals surface area (Å²) in [5.74, 6) is -0.120. The third-order valence-electron chi connectivity index (χ3n) is 2.68. The van der Waals surface area contributed by atoms with Gasteiger partial charge in [-0.3, -0.25) is 9.59 Å². The van der Waals surface area contributed by atoms with Crippen molar-refractivity contribution in [3.8, 4) is 0 Å². The minimum Gasteiger partial charge on any atom is -0.354 e. The van der Waals surface area contributed by atoms with Crippen molar-refractivity contribution in [2.75, 3.05) is 19.7 Å². The molecule has 1 aliphatic rings. The van der Waals surface area contributed by atoms with E-state index >= 15 is 0 Å². The molecule has 0 aromatic rings. The Bertz CT molecular complexity index is 238. The lowest BCUT2D eigenvalue weighted by Crippen LogP contribution is -2.42.